The third kappa shape index (κ3) is 3.05. The number of phenols is 1. The van der Waals surface area contributed by atoms with Gasteiger partial charge in [-0.2, -0.15) is 0 Å². The van der Waals surface area contributed by atoms with Crippen LogP contribution >= 0.6 is 0 Å². The van der Waals surface area contributed by atoms with E-state index in [0.717, 1.165) is 18.7 Å². The minimum Gasteiger partial charge on any atom is -0.508 e. The Bertz CT molecular complexity index is 400. The number of hydrogen-bond acceptors (Lipinski definition) is 2. The van der Waals surface area contributed by atoms with Gasteiger partial charge in [-0.15, -0.1) is 0 Å². The SMILES string of the molecule is CC(c1ccccc1O)N1CCCC(C)(C)CC1. The highest BCUT2D eigenvalue weighted by Gasteiger charge is 2.26. The Morgan fingerprint density at radius 1 is 1.17 bits per heavy atom. The first-order valence-corrected chi connectivity index (χ1v) is 7.01. The van der Waals surface area contributed by atoms with Crippen LogP contribution in [0.25, 0.3) is 0 Å². The molecule has 0 aliphatic carbocycles. The summed E-state index contributed by atoms with van der Waals surface area (Å²) in [6.45, 7) is 9.19. The van der Waals surface area contributed by atoms with Crippen molar-refractivity contribution >= 4 is 0 Å². The zero-order valence-electron chi connectivity index (χ0n) is 11.8. The minimum absolute atomic E-state index is 0.306. The first kappa shape index (κ1) is 13.4. The average molecular weight is 247 g/mol. The lowest BCUT2D eigenvalue weighted by Crippen LogP contribution is -2.28. The van der Waals surface area contributed by atoms with Crippen molar-refractivity contribution in [3.8, 4) is 5.75 Å². The van der Waals surface area contributed by atoms with Gasteiger partial charge in [0.05, 0.1) is 0 Å². The van der Waals surface area contributed by atoms with Crippen molar-refractivity contribution in [3.05, 3.63) is 29.8 Å². The fourth-order valence-electron chi connectivity index (χ4n) is 2.87. The number of benzene rings is 1. The summed E-state index contributed by atoms with van der Waals surface area (Å²) in [6.07, 6.45) is 3.80. The van der Waals surface area contributed by atoms with Crippen molar-refractivity contribution in [1.82, 2.24) is 4.90 Å². The number of aromatic hydroxyl groups is 1. The van der Waals surface area contributed by atoms with Crippen LogP contribution in [0.5, 0.6) is 5.75 Å². The lowest BCUT2D eigenvalue weighted by molar-refractivity contribution is 0.205. The molecule has 18 heavy (non-hydrogen) atoms. The summed E-state index contributed by atoms with van der Waals surface area (Å²) in [4.78, 5) is 2.50. The first-order valence-electron chi connectivity index (χ1n) is 7.01. The summed E-state index contributed by atoms with van der Waals surface area (Å²) >= 11 is 0. The summed E-state index contributed by atoms with van der Waals surface area (Å²) in [5, 5.41) is 9.96. The largest absolute Gasteiger partial charge is 0.508 e. The van der Waals surface area contributed by atoms with Crippen LogP contribution in [0.3, 0.4) is 0 Å². The summed E-state index contributed by atoms with van der Waals surface area (Å²) in [6, 6.07) is 8.02. The zero-order valence-corrected chi connectivity index (χ0v) is 11.8. The topological polar surface area (TPSA) is 23.5 Å². The molecule has 2 heteroatoms. The summed E-state index contributed by atoms with van der Waals surface area (Å²) < 4.78 is 0. The number of rotatable bonds is 2. The van der Waals surface area contributed by atoms with Gasteiger partial charge in [-0.05, 0) is 50.8 Å². The smallest absolute Gasteiger partial charge is 0.120 e. The number of phenolic OH excluding ortho intramolecular Hbond substituents is 1. The van der Waals surface area contributed by atoms with E-state index in [4.69, 9.17) is 0 Å². The molecular weight excluding hydrogens is 222 g/mol. The van der Waals surface area contributed by atoms with E-state index in [1.54, 1.807) is 6.07 Å². The molecule has 1 saturated heterocycles. The highest BCUT2D eigenvalue weighted by Crippen LogP contribution is 2.34. The maximum atomic E-state index is 9.96. The van der Waals surface area contributed by atoms with Crippen molar-refractivity contribution in [3.63, 3.8) is 0 Å². The molecule has 1 atom stereocenters. The van der Waals surface area contributed by atoms with Crippen LogP contribution in [-0.4, -0.2) is 23.1 Å². The number of nitrogens with zero attached hydrogens (tertiary/aromatic N) is 1. The van der Waals surface area contributed by atoms with Crippen LogP contribution in [0, 0.1) is 5.41 Å². The Balaban J connectivity index is 2.10. The Hall–Kier alpha value is -1.02. The summed E-state index contributed by atoms with van der Waals surface area (Å²) in [5.74, 6) is 0.425. The van der Waals surface area contributed by atoms with Crippen LogP contribution in [0.2, 0.25) is 0 Å². The maximum Gasteiger partial charge on any atom is 0.120 e. The molecule has 1 aliphatic rings. The van der Waals surface area contributed by atoms with Crippen molar-refractivity contribution in [2.24, 2.45) is 5.41 Å². The highest BCUT2D eigenvalue weighted by atomic mass is 16.3. The molecular formula is C16H25NO. The molecule has 0 saturated carbocycles. The first-order chi connectivity index (χ1) is 8.49. The molecule has 0 amide bonds. The summed E-state index contributed by atoms with van der Waals surface area (Å²) in [7, 11) is 0. The quantitative estimate of drug-likeness (QED) is 0.855. The second-order valence-corrected chi connectivity index (χ2v) is 6.29. The van der Waals surface area contributed by atoms with Crippen molar-refractivity contribution < 1.29 is 5.11 Å². The highest BCUT2D eigenvalue weighted by molar-refractivity contribution is 5.34. The Morgan fingerprint density at radius 3 is 2.61 bits per heavy atom. The van der Waals surface area contributed by atoms with Crippen LogP contribution in [0.1, 0.15) is 51.6 Å². The molecule has 0 bridgehead atoms. The van der Waals surface area contributed by atoms with E-state index in [9.17, 15) is 5.11 Å². The zero-order chi connectivity index (χ0) is 13.2. The van der Waals surface area contributed by atoms with Gasteiger partial charge in [-0.1, -0.05) is 32.0 Å². The fraction of sp³-hybridized carbons (Fsp3) is 0.625. The standard InChI is InChI=1S/C16H25NO/c1-13(14-7-4-5-8-15(14)18)17-11-6-9-16(2,3)10-12-17/h4-5,7-8,13,18H,6,9-12H2,1-3H3. The number of para-hydroxylation sites is 1. The van der Waals surface area contributed by atoms with Crippen molar-refractivity contribution in [2.75, 3.05) is 13.1 Å². The third-order valence-corrected chi connectivity index (χ3v) is 4.31. The van der Waals surface area contributed by atoms with E-state index in [0.29, 0.717) is 17.2 Å². The fourth-order valence-corrected chi connectivity index (χ4v) is 2.87. The van der Waals surface area contributed by atoms with Gasteiger partial charge >= 0.3 is 0 Å². The normalized spacial score (nSPS) is 22.4. The van der Waals surface area contributed by atoms with E-state index in [1.165, 1.54) is 19.3 Å². The van der Waals surface area contributed by atoms with Gasteiger partial charge in [0.15, 0.2) is 0 Å². The van der Waals surface area contributed by atoms with E-state index < -0.39 is 0 Å². The molecule has 2 rings (SSSR count). The lowest BCUT2D eigenvalue weighted by Gasteiger charge is -2.29. The van der Waals surface area contributed by atoms with Crippen LogP contribution in [0.15, 0.2) is 24.3 Å². The predicted octanol–water partition coefficient (Wildman–Crippen LogP) is 3.97. The van der Waals surface area contributed by atoms with Gasteiger partial charge in [-0.3, -0.25) is 4.90 Å². The molecule has 1 unspecified atom stereocenters. The summed E-state index contributed by atoms with van der Waals surface area (Å²) in [5.41, 5.74) is 1.52. The third-order valence-electron chi connectivity index (χ3n) is 4.31. The van der Waals surface area contributed by atoms with Crippen LogP contribution in [-0.2, 0) is 0 Å². The lowest BCUT2D eigenvalue weighted by atomic mass is 9.85. The molecule has 2 nitrogen and oxygen atoms in total. The predicted molar refractivity (Wildman–Crippen MR) is 75.7 cm³/mol. The Morgan fingerprint density at radius 2 is 1.89 bits per heavy atom. The van der Waals surface area contributed by atoms with E-state index in [1.807, 2.05) is 18.2 Å². The number of likely N-dealkylation sites (tertiary alicyclic amines) is 1. The average Bonchev–Trinajstić information content (AvgIpc) is 2.50. The minimum atomic E-state index is 0.306. The van der Waals surface area contributed by atoms with Gasteiger partial charge < -0.3 is 5.11 Å². The Labute approximate surface area is 111 Å². The molecule has 0 spiro atoms. The van der Waals surface area contributed by atoms with E-state index in [-0.39, 0.29) is 0 Å². The molecule has 0 radical (unpaired) electrons. The molecule has 1 aliphatic heterocycles. The van der Waals surface area contributed by atoms with E-state index >= 15 is 0 Å². The molecule has 1 fully saturated rings. The molecule has 1 heterocycles. The Kier molecular flexibility index (Phi) is 3.96. The molecule has 1 N–H and O–H groups in total. The van der Waals surface area contributed by atoms with Gasteiger partial charge in [-0.25, -0.2) is 0 Å². The monoisotopic (exact) mass is 247 g/mol. The molecule has 0 aromatic heterocycles. The maximum absolute atomic E-state index is 9.96. The number of hydrogen-bond donors (Lipinski definition) is 1. The second kappa shape index (κ2) is 5.31. The van der Waals surface area contributed by atoms with Crippen LogP contribution in [0.4, 0.5) is 0 Å². The van der Waals surface area contributed by atoms with Crippen molar-refractivity contribution in [2.45, 2.75) is 46.1 Å². The van der Waals surface area contributed by atoms with Gasteiger partial charge in [0.2, 0.25) is 0 Å². The van der Waals surface area contributed by atoms with Gasteiger partial charge in [0, 0.05) is 11.6 Å². The molecule has 1 aromatic carbocycles. The molecule has 100 valence electrons. The van der Waals surface area contributed by atoms with Gasteiger partial charge in [0.1, 0.15) is 5.75 Å². The van der Waals surface area contributed by atoms with Gasteiger partial charge in [0.25, 0.3) is 0 Å². The molecule has 1 aromatic rings. The second-order valence-electron chi connectivity index (χ2n) is 6.29. The van der Waals surface area contributed by atoms with Crippen molar-refractivity contribution in [1.29, 1.82) is 0 Å². The van der Waals surface area contributed by atoms with Crippen LogP contribution < -0.4 is 0 Å². The van der Waals surface area contributed by atoms with E-state index in [2.05, 4.69) is 25.7 Å².